The van der Waals surface area contributed by atoms with Crippen LogP contribution in [-0.4, -0.2) is 22.1 Å². The molecule has 2 N–H and O–H groups in total. The van der Waals surface area contributed by atoms with Gasteiger partial charge in [-0.25, -0.2) is 0 Å². The Morgan fingerprint density at radius 3 is 2.52 bits per heavy atom. The molecule has 3 rings (SSSR count). The molecule has 0 unspecified atom stereocenters. The Hall–Kier alpha value is -2.37. The number of amides is 1. The van der Waals surface area contributed by atoms with Gasteiger partial charge in [0.25, 0.3) is 5.91 Å². The molecule has 1 aliphatic carbocycles. The van der Waals surface area contributed by atoms with Crippen LogP contribution in [0.3, 0.4) is 0 Å². The Morgan fingerprint density at radius 2 is 1.86 bits per heavy atom. The Bertz CT molecular complexity index is 574. The Balaban J connectivity index is 1.57. The first-order chi connectivity index (χ1) is 10.3. The van der Waals surface area contributed by atoms with E-state index in [0.717, 1.165) is 5.82 Å². The van der Waals surface area contributed by atoms with Gasteiger partial charge in [0, 0.05) is 6.04 Å². The van der Waals surface area contributed by atoms with Crippen LogP contribution in [0.25, 0.3) is 0 Å². The number of hydrogen-bond donors (Lipinski definition) is 2. The molecular formula is C15H18N4O2. The number of anilines is 2. The standard InChI is InChI=1S/C15H18N4O2/c20-15(12-7-4-10-21-12)17-14-9-8-13(18-19-14)16-11-5-2-1-3-6-11/h4,7-11H,1-3,5-6H2,(H,16,18)(H,17,19,20). The van der Waals surface area contributed by atoms with Crippen molar-refractivity contribution in [3.63, 3.8) is 0 Å². The quantitative estimate of drug-likeness (QED) is 0.903. The molecule has 1 aliphatic rings. The van der Waals surface area contributed by atoms with Gasteiger partial charge < -0.3 is 15.1 Å². The monoisotopic (exact) mass is 286 g/mol. The molecule has 2 heterocycles. The van der Waals surface area contributed by atoms with Crippen LogP contribution in [-0.2, 0) is 0 Å². The van der Waals surface area contributed by atoms with Gasteiger partial charge in [-0.2, -0.15) is 0 Å². The van der Waals surface area contributed by atoms with Crippen LogP contribution in [0.2, 0.25) is 0 Å². The van der Waals surface area contributed by atoms with E-state index in [4.69, 9.17) is 4.42 Å². The lowest BCUT2D eigenvalue weighted by Gasteiger charge is -2.22. The SMILES string of the molecule is O=C(Nc1ccc(NC2CCCCC2)nn1)c1ccco1. The summed E-state index contributed by atoms with van der Waals surface area (Å²) in [5.41, 5.74) is 0. The van der Waals surface area contributed by atoms with E-state index in [9.17, 15) is 4.79 Å². The number of nitrogens with one attached hydrogen (secondary N) is 2. The topological polar surface area (TPSA) is 80.0 Å². The largest absolute Gasteiger partial charge is 0.459 e. The Kier molecular flexibility index (Phi) is 4.14. The van der Waals surface area contributed by atoms with Gasteiger partial charge in [-0.05, 0) is 37.1 Å². The molecule has 0 saturated heterocycles. The third-order valence-electron chi connectivity index (χ3n) is 3.61. The Labute approximate surface area is 123 Å². The summed E-state index contributed by atoms with van der Waals surface area (Å²) in [6.45, 7) is 0. The van der Waals surface area contributed by atoms with Crippen molar-refractivity contribution in [2.75, 3.05) is 10.6 Å². The highest BCUT2D eigenvalue weighted by Crippen LogP contribution is 2.20. The molecule has 110 valence electrons. The van der Waals surface area contributed by atoms with Crippen molar-refractivity contribution < 1.29 is 9.21 Å². The van der Waals surface area contributed by atoms with Crippen molar-refractivity contribution in [1.82, 2.24) is 10.2 Å². The fourth-order valence-electron chi connectivity index (χ4n) is 2.52. The van der Waals surface area contributed by atoms with Gasteiger partial charge >= 0.3 is 0 Å². The molecule has 0 bridgehead atoms. The minimum atomic E-state index is -0.331. The molecule has 0 atom stereocenters. The lowest BCUT2D eigenvalue weighted by atomic mass is 9.95. The second-order valence-corrected chi connectivity index (χ2v) is 5.21. The van der Waals surface area contributed by atoms with Gasteiger partial charge in [-0.1, -0.05) is 19.3 Å². The van der Waals surface area contributed by atoms with Gasteiger partial charge in [-0.15, -0.1) is 10.2 Å². The molecule has 2 aromatic heterocycles. The van der Waals surface area contributed by atoms with Crippen LogP contribution in [0.15, 0.2) is 34.9 Å². The van der Waals surface area contributed by atoms with Crippen molar-refractivity contribution in [3.05, 3.63) is 36.3 Å². The summed E-state index contributed by atoms with van der Waals surface area (Å²) >= 11 is 0. The maximum atomic E-state index is 11.8. The molecule has 0 aliphatic heterocycles. The van der Waals surface area contributed by atoms with Gasteiger partial charge in [-0.3, -0.25) is 4.79 Å². The average Bonchev–Trinajstić information content (AvgIpc) is 3.05. The molecule has 1 fully saturated rings. The maximum Gasteiger partial charge on any atom is 0.292 e. The zero-order valence-corrected chi connectivity index (χ0v) is 11.7. The van der Waals surface area contributed by atoms with Crippen LogP contribution in [0, 0.1) is 0 Å². The minimum Gasteiger partial charge on any atom is -0.459 e. The van der Waals surface area contributed by atoms with E-state index in [1.807, 2.05) is 6.07 Å². The Morgan fingerprint density at radius 1 is 1.10 bits per heavy atom. The summed E-state index contributed by atoms with van der Waals surface area (Å²) in [6, 6.07) is 7.31. The van der Waals surface area contributed by atoms with Crippen molar-refractivity contribution in [2.24, 2.45) is 0 Å². The van der Waals surface area contributed by atoms with Crippen LogP contribution >= 0.6 is 0 Å². The lowest BCUT2D eigenvalue weighted by Crippen LogP contribution is -2.23. The first kappa shape index (κ1) is 13.6. The van der Waals surface area contributed by atoms with Crippen LogP contribution in [0.5, 0.6) is 0 Å². The van der Waals surface area contributed by atoms with Gasteiger partial charge in [0.1, 0.15) is 5.82 Å². The average molecular weight is 286 g/mol. The van der Waals surface area contributed by atoms with Crippen LogP contribution in [0.1, 0.15) is 42.7 Å². The molecule has 6 heteroatoms. The maximum absolute atomic E-state index is 11.8. The summed E-state index contributed by atoms with van der Waals surface area (Å²) in [5.74, 6) is 1.08. The fraction of sp³-hybridized carbons (Fsp3) is 0.400. The van der Waals surface area contributed by atoms with E-state index in [1.165, 1.54) is 38.4 Å². The number of carbonyl (C=O) groups excluding carboxylic acids is 1. The summed E-state index contributed by atoms with van der Waals surface area (Å²) in [4.78, 5) is 11.8. The molecule has 21 heavy (non-hydrogen) atoms. The zero-order valence-electron chi connectivity index (χ0n) is 11.7. The second-order valence-electron chi connectivity index (χ2n) is 5.21. The van der Waals surface area contributed by atoms with E-state index in [-0.39, 0.29) is 11.7 Å². The van der Waals surface area contributed by atoms with E-state index in [2.05, 4.69) is 20.8 Å². The molecule has 1 amide bonds. The number of aromatic nitrogens is 2. The predicted molar refractivity (Wildman–Crippen MR) is 79.2 cm³/mol. The highest BCUT2D eigenvalue weighted by Gasteiger charge is 2.14. The smallest absolute Gasteiger partial charge is 0.292 e. The third-order valence-corrected chi connectivity index (χ3v) is 3.61. The fourth-order valence-corrected chi connectivity index (χ4v) is 2.52. The van der Waals surface area contributed by atoms with Gasteiger partial charge in [0.05, 0.1) is 6.26 Å². The van der Waals surface area contributed by atoms with E-state index < -0.39 is 0 Å². The molecular weight excluding hydrogens is 268 g/mol. The first-order valence-corrected chi connectivity index (χ1v) is 7.26. The number of rotatable bonds is 4. The third kappa shape index (κ3) is 3.59. The molecule has 0 radical (unpaired) electrons. The zero-order chi connectivity index (χ0) is 14.5. The summed E-state index contributed by atoms with van der Waals surface area (Å²) < 4.78 is 5.02. The van der Waals surface area contributed by atoms with E-state index >= 15 is 0 Å². The van der Waals surface area contributed by atoms with Crippen molar-refractivity contribution >= 4 is 17.5 Å². The predicted octanol–water partition coefficient (Wildman–Crippen LogP) is 3.07. The van der Waals surface area contributed by atoms with Crippen LogP contribution in [0.4, 0.5) is 11.6 Å². The summed E-state index contributed by atoms with van der Waals surface area (Å²) in [6.07, 6.45) is 7.67. The molecule has 6 nitrogen and oxygen atoms in total. The molecule has 2 aromatic rings. The van der Waals surface area contributed by atoms with Crippen LogP contribution < -0.4 is 10.6 Å². The van der Waals surface area contributed by atoms with E-state index in [0.29, 0.717) is 11.9 Å². The second kappa shape index (κ2) is 6.39. The van der Waals surface area contributed by atoms with Crippen molar-refractivity contribution in [1.29, 1.82) is 0 Å². The molecule has 0 aromatic carbocycles. The summed E-state index contributed by atoms with van der Waals surface area (Å²) in [5, 5.41) is 14.1. The number of hydrogen-bond acceptors (Lipinski definition) is 5. The molecule has 1 saturated carbocycles. The van der Waals surface area contributed by atoms with E-state index in [1.54, 1.807) is 18.2 Å². The summed E-state index contributed by atoms with van der Waals surface area (Å²) in [7, 11) is 0. The van der Waals surface area contributed by atoms with Gasteiger partial charge in [0.15, 0.2) is 11.6 Å². The molecule has 0 spiro atoms. The lowest BCUT2D eigenvalue weighted by molar-refractivity contribution is 0.0996. The van der Waals surface area contributed by atoms with Gasteiger partial charge in [0.2, 0.25) is 0 Å². The number of furan rings is 1. The first-order valence-electron chi connectivity index (χ1n) is 7.26. The highest BCUT2D eigenvalue weighted by molar-refractivity contribution is 6.01. The highest BCUT2D eigenvalue weighted by atomic mass is 16.3. The normalized spacial score (nSPS) is 15.6. The minimum absolute atomic E-state index is 0.251. The van der Waals surface area contributed by atoms with Crippen molar-refractivity contribution in [3.8, 4) is 0 Å². The number of nitrogens with zero attached hydrogens (tertiary/aromatic N) is 2. The number of carbonyl (C=O) groups is 1. The van der Waals surface area contributed by atoms with Crippen molar-refractivity contribution in [2.45, 2.75) is 38.1 Å².